The van der Waals surface area contributed by atoms with E-state index < -0.39 is 0 Å². The lowest BCUT2D eigenvalue weighted by Crippen LogP contribution is -2.24. The maximum atomic E-state index is 5.39. The van der Waals surface area contributed by atoms with Crippen molar-refractivity contribution in [2.45, 2.75) is 26.1 Å². The Kier molecular flexibility index (Phi) is 4.93. The first-order valence-electron chi connectivity index (χ1n) is 6.65. The molecule has 1 aliphatic heterocycles. The van der Waals surface area contributed by atoms with Crippen molar-refractivity contribution in [1.29, 1.82) is 0 Å². The van der Waals surface area contributed by atoms with Crippen LogP contribution in [0.1, 0.15) is 19.2 Å². The monoisotopic (exact) mass is 266 g/mol. The highest BCUT2D eigenvalue weighted by atomic mass is 16.5. The molecule has 1 N–H and O–H groups in total. The average Bonchev–Trinajstić information content (AvgIpc) is 2.88. The molecule has 0 aliphatic carbocycles. The summed E-state index contributed by atoms with van der Waals surface area (Å²) in [6.07, 6.45) is 1.33. The fourth-order valence-corrected chi connectivity index (χ4v) is 2.24. The number of methoxy groups -OCH3 is 2. The SMILES string of the molecule is CCNc1cc(N2CCC(OC)C2)nc(COC)n1. The van der Waals surface area contributed by atoms with E-state index in [0.717, 1.165) is 37.7 Å². The van der Waals surface area contributed by atoms with Gasteiger partial charge in [-0.05, 0) is 13.3 Å². The molecular weight excluding hydrogens is 244 g/mol. The normalized spacial score (nSPS) is 18.9. The zero-order valence-corrected chi connectivity index (χ0v) is 11.8. The lowest BCUT2D eigenvalue weighted by Gasteiger charge is -2.19. The summed E-state index contributed by atoms with van der Waals surface area (Å²) in [4.78, 5) is 11.2. The van der Waals surface area contributed by atoms with Gasteiger partial charge in [0.25, 0.3) is 0 Å². The van der Waals surface area contributed by atoms with Crippen molar-refractivity contribution in [2.75, 3.05) is 44.1 Å². The highest BCUT2D eigenvalue weighted by molar-refractivity contribution is 5.50. The molecule has 2 rings (SSSR count). The third kappa shape index (κ3) is 3.54. The predicted molar refractivity (Wildman–Crippen MR) is 74.5 cm³/mol. The molecule has 19 heavy (non-hydrogen) atoms. The van der Waals surface area contributed by atoms with E-state index in [-0.39, 0.29) is 0 Å². The molecule has 1 aliphatic rings. The molecule has 0 aromatic carbocycles. The van der Waals surface area contributed by atoms with Gasteiger partial charge in [-0.1, -0.05) is 0 Å². The predicted octanol–water partition coefficient (Wildman–Crippen LogP) is 1.28. The summed E-state index contributed by atoms with van der Waals surface area (Å²) in [7, 11) is 3.41. The number of rotatable bonds is 6. The zero-order chi connectivity index (χ0) is 13.7. The number of hydrogen-bond donors (Lipinski definition) is 1. The van der Waals surface area contributed by atoms with Crippen molar-refractivity contribution in [3.63, 3.8) is 0 Å². The molecule has 1 atom stereocenters. The second-order valence-corrected chi connectivity index (χ2v) is 4.58. The molecule has 0 radical (unpaired) electrons. The summed E-state index contributed by atoms with van der Waals surface area (Å²) in [5.74, 6) is 2.50. The van der Waals surface area contributed by atoms with Gasteiger partial charge in [0.2, 0.25) is 0 Å². The molecule has 6 heteroatoms. The van der Waals surface area contributed by atoms with Crippen molar-refractivity contribution >= 4 is 11.6 Å². The van der Waals surface area contributed by atoms with Crippen LogP contribution in [-0.2, 0) is 16.1 Å². The van der Waals surface area contributed by atoms with Gasteiger partial charge in [0, 0.05) is 39.9 Å². The number of nitrogens with one attached hydrogen (secondary N) is 1. The van der Waals surface area contributed by atoms with Gasteiger partial charge in [-0.15, -0.1) is 0 Å². The first-order chi connectivity index (χ1) is 9.26. The molecule has 1 unspecified atom stereocenters. The second-order valence-electron chi connectivity index (χ2n) is 4.58. The van der Waals surface area contributed by atoms with Crippen molar-refractivity contribution in [3.8, 4) is 0 Å². The molecule has 106 valence electrons. The van der Waals surface area contributed by atoms with Crippen molar-refractivity contribution in [2.24, 2.45) is 0 Å². The van der Waals surface area contributed by atoms with Crippen LogP contribution < -0.4 is 10.2 Å². The van der Waals surface area contributed by atoms with Crippen LogP contribution in [0.25, 0.3) is 0 Å². The van der Waals surface area contributed by atoms with E-state index in [9.17, 15) is 0 Å². The molecule has 6 nitrogen and oxygen atoms in total. The molecule has 1 saturated heterocycles. The number of anilines is 2. The van der Waals surface area contributed by atoms with Crippen LogP contribution in [0.4, 0.5) is 11.6 Å². The van der Waals surface area contributed by atoms with E-state index in [4.69, 9.17) is 9.47 Å². The molecule has 0 amide bonds. The van der Waals surface area contributed by atoms with Gasteiger partial charge in [-0.3, -0.25) is 0 Å². The Hall–Kier alpha value is -1.40. The zero-order valence-electron chi connectivity index (χ0n) is 11.8. The second kappa shape index (κ2) is 6.68. The summed E-state index contributed by atoms with van der Waals surface area (Å²) in [6.45, 7) is 5.16. The number of ether oxygens (including phenoxy) is 2. The van der Waals surface area contributed by atoms with Gasteiger partial charge in [0.1, 0.15) is 18.2 Å². The molecule has 0 bridgehead atoms. The maximum Gasteiger partial charge on any atom is 0.158 e. The highest BCUT2D eigenvalue weighted by Gasteiger charge is 2.23. The summed E-state index contributed by atoms with van der Waals surface area (Å²) >= 11 is 0. The van der Waals surface area contributed by atoms with Gasteiger partial charge in [0.05, 0.1) is 6.10 Å². The van der Waals surface area contributed by atoms with Crippen LogP contribution in [0.3, 0.4) is 0 Å². The molecule has 1 aromatic rings. The minimum atomic E-state index is 0.295. The summed E-state index contributed by atoms with van der Waals surface area (Å²) in [5, 5.41) is 3.23. The van der Waals surface area contributed by atoms with E-state index in [1.165, 1.54) is 0 Å². The Labute approximate surface area is 114 Å². The Morgan fingerprint density at radius 1 is 1.42 bits per heavy atom. The minimum Gasteiger partial charge on any atom is -0.380 e. The maximum absolute atomic E-state index is 5.39. The van der Waals surface area contributed by atoms with Crippen LogP contribution in [0.15, 0.2) is 6.07 Å². The summed E-state index contributed by atoms with van der Waals surface area (Å²) in [5.41, 5.74) is 0. The Morgan fingerprint density at radius 3 is 2.89 bits per heavy atom. The van der Waals surface area contributed by atoms with Crippen LogP contribution in [-0.4, -0.2) is 49.9 Å². The van der Waals surface area contributed by atoms with E-state index in [2.05, 4.69) is 27.1 Å². The minimum absolute atomic E-state index is 0.295. The molecule has 0 spiro atoms. The Balaban J connectivity index is 2.18. The molecule has 0 saturated carbocycles. The molecular formula is C13H22N4O2. The van der Waals surface area contributed by atoms with Gasteiger partial charge < -0.3 is 19.7 Å². The standard InChI is InChI=1S/C13H22N4O2/c1-4-14-11-7-13(16-12(15-11)9-18-2)17-6-5-10(8-17)19-3/h7,10H,4-6,8-9H2,1-3H3,(H,14,15,16). The number of hydrogen-bond acceptors (Lipinski definition) is 6. The van der Waals surface area contributed by atoms with Gasteiger partial charge in [-0.2, -0.15) is 0 Å². The van der Waals surface area contributed by atoms with E-state index in [1.54, 1.807) is 14.2 Å². The third-order valence-electron chi connectivity index (χ3n) is 3.19. The number of nitrogens with zero attached hydrogens (tertiary/aromatic N) is 3. The lowest BCUT2D eigenvalue weighted by atomic mass is 10.3. The fourth-order valence-electron chi connectivity index (χ4n) is 2.24. The van der Waals surface area contributed by atoms with Crippen LogP contribution in [0.5, 0.6) is 0 Å². The quantitative estimate of drug-likeness (QED) is 0.837. The first kappa shape index (κ1) is 14.0. The topological polar surface area (TPSA) is 59.5 Å². The van der Waals surface area contributed by atoms with Crippen molar-refractivity contribution in [1.82, 2.24) is 9.97 Å². The fraction of sp³-hybridized carbons (Fsp3) is 0.692. The lowest BCUT2D eigenvalue weighted by molar-refractivity contribution is 0.121. The average molecular weight is 266 g/mol. The Bertz CT molecular complexity index is 389. The van der Waals surface area contributed by atoms with E-state index in [0.29, 0.717) is 18.5 Å². The van der Waals surface area contributed by atoms with Gasteiger partial charge >= 0.3 is 0 Å². The molecule has 1 fully saturated rings. The molecule has 2 heterocycles. The third-order valence-corrected chi connectivity index (χ3v) is 3.19. The highest BCUT2D eigenvalue weighted by Crippen LogP contribution is 2.22. The molecule has 1 aromatic heterocycles. The smallest absolute Gasteiger partial charge is 0.158 e. The summed E-state index contributed by atoms with van der Waals surface area (Å²) < 4.78 is 10.5. The first-order valence-corrected chi connectivity index (χ1v) is 6.65. The Morgan fingerprint density at radius 2 is 2.26 bits per heavy atom. The van der Waals surface area contributed by atoms with Gasteiger partial charge in [-0.25, -0.2) is 9.97 Å². The van der Waals surface area contributed by atoms with E-state index >= 15 is 0 Å². The number of aromatic nitrogens is 2. The largest absolute Gasteiger partial charge is 0.380 e. The summed E-state index contributed by atoms with van der Waals surface area (Å²) in [6, 6.07) is 1.99. The van der Waals surface area contributed by atoms with Crippen LogP contribution in [0.2, 0.25) is 0 Å². The van der Waals surface area contributed by atoms with Crippen molar-refractivity contribution in [3.05, 3.63) is 11.9 Å². The van der Waals surface area contributed by atoms with E-state index in [1.807, 2.05) is 6.07 Å². The van der Waals surface area contributed by atoms with Crippen LogP contribution >= 0.6 is 0 Å². The van der Waals surface area contributed by atoms with Gasteiger partial charge in [0.15, 0.2) is 5.82 Å². The van der Waals surface area contributed by atoms with Crippen molar-refractivity contribution < 1.29 is 9.47 Å². The van der Waals surface area contributed by atoms with Crippen LogP contribution in [0, 0.1) is 0 Å².